The molecule has 0 unspecified atom stereocenters. The molecule has 0 saturated heterocycles. The Morgan fingerprint density at radius 1 is 0.250 bits per heavy atom. The normalized spacial score (nSPS) is 12.3. The highest BCUT2D eigenvalue weighted by Crippen LogP contribution is 2.43. The molecule has 9 heteroatoms. The van der Waals surface area contributed by atoms with Crippen LogP contribution in [0.5, 0.6) is 0 Å². The summed E-state index contributed by atoms with van der Waals surface area (Å²) in [7, 11) is 0. The third-order valence-corrected chi connectivity index (χ3v) is 18.0. The van der Waals surface area contributed by atoms with E-state index in [4.69, 9.17) is 9.97 Å². The van der Waals surface area contributed by atoms with Crippen LogP contribution in [0, 0.1) is 0 Å². The van der Waals surface area contributed by atoms with Crippen molar-refractivity contribution < 1.29 is 13.2 Å². The molecule has 0 atom stereocenters. The minimum atomic E-state index is -4.43. The molecule has 0 aliphatic rings. The number of halogens is 3. The molecule has 5 heterocycles. The van der Waals surface area contributed by atoms with Crippen molar-refractivity contribution in [2.24, 2.45) is 0 Å². The fourth-order valence-electron chi connectivity index (χ4n) is 14.0. The van der Waals surface area contributed by atoms with E-state index >= 15 is 0 Å². The van der Waals surface area contributed by atoms with Crippen molar-refractivity contribution in [3.63, 3.8) is 0 Å². The third-order valence-electron chi connectivity index (χ3n) is 18.0. The summed E-state index contributed by atoms with van der Waals surface area (Å²) in [6.45, 7) is 0. The number of hydrogen-bond acceptors (Lipinski definition) is 2. The molecule has 88 heavy (non-hydrogen) atoms. The maximum atomic E-state index is 13.6. The molecular weight excluding hydrogens is 1090 g/mol. The van der Waals surface area contributed by atoms with E-state index in [1.807, 2.05) is 36.4 Å². The van der Waals surface area contributed by atoms with Gasteiger partial charge in [0.05, 0.1) is 60.9 Å². The first-order valence-electron chi connectivity index (χ1n) is 29.4. The summed E-state index contributed by atoms with van der Waals surface area (Å²) >= 11 is 0. The Kier molecular flexibility index (Phi) is 10.7. The molecule has 0 spiro atoms. The standard InChI is InChI=1S/C79H47F3N6/c80-79(81,82)53-36-33-49(34-37-53)48-29-31-51(32-30-48)76-65-40-35-50-15-1-2-16-58(50)77(65)84-78(83-76)52-43-56(87-72-27-13-7-21-63(72)66-46-54(38-41-74(66)87)85-68-23-9-3-17-59(68)60-18-4-10-24-69(60)85)45-57(44-52)88-73-28-14-8-22-64(73)67-47-55(39-42-75(67)88)86-70-25-11-5-19-61(70)62-20-6-12-26-71(62)86/h1-47H. The lowest BCUT2D eigenvalue weighted by atomic mass is 9.98. The van der Waals surface area contributed by atoms with E-state index in [0.29, 0.717) is 11.4 Å². The van der Waals surface area contributed by atoms with E-state index in [1.165, 1.54) is 33.7 Å². The van der Waals surface area contributed by atoms with Crippen LogP contribution in [0.1, 0.15) is 5.56 Å². The molecule has 414 valence electrons. The Labute approximate surface area is 501 Å². The van der Waals surface area contributed by atoms with E-state index in [0.717, 1.165) is 145 Å². The summed E-state index contributed by atoms with van der Waals surface area (Å²) in [5.41, 5.74) is 16.8. The van der Waals surface area contributed by atoms with Crippen LogP contribution >= 0.6 is 0 Å². The minimum Gasteiger partial charge on any atom is -0.309 e. The molecule has 0 saturated carbocycles. The topological polar surface area (TPSA) is 45.5 Å². The average Bonchev–Trinajstić information content (AvgIpc) is 2.01. The number of rotatable bonds is 7. The highest BCUT2D eigenvalue weighted by atomic mass is 19.4. The van der Waals surface area contributed by atoms with Crippen molar-refractivity contribution in [1.82, 2.24) is 28.2 Å². The van der Waals surface area contributed by atoms with Crippen molar-refractivity contribution in [2.75, 3.05) is 0 Å². The van der Waals surface area contributed by atoms with Crippen molar-refractivity contribution >= 4 is 109 Å². The second-order valence-electron chi connectivity index (χ2n) is 22.8. The van der Waals surface area contributed by atoms with E-state index in [1.54, 1.807) is 0 Å². The number of nitrogens with zero attached hydrogens (tertiary/aromatic N) is 6. The summed E-state index contributed by atoms with van der Waals surface area (Å²) in [6.07, 6.45) is -4.43. The summed E-state index contributed by atoms with van der Waals surface area (Å²) in [6, 6.07) is 98.1. The molecule has 0 bridgehead atoms. The number of aromatic nitrogens is 6. The summed E-state index contributed by atoms with van der Waals surface area (Å²) in [5, 5.41) is 12.2. The van der Waals surface area contributed by atoms with Gasteiger partial charge in [-0.15, -0.1) is 0 Å². The molecule has 0 N–H and O–H groups in total. The van der Waals surface area contributed by atoms with Crippen molar-refractivity contribution in [3.05, 3.63) is 291 Å². The number of benzene rings is 13. The Balaban J connectivity index is 0.888. The molecule has 0 radical (unpaired) electrons. The minimum absolute atomic E-state index is 0.539. The van der Waals surface area contributed by atoms with E-state index in [9.17, 15) is 13.2 Å². The number of para-hydroxylation sites is 6. The monoisotopic (exact) mass is 1140 g/mol. The van der Waals surface area contributed by atoms with Gasteiger partial charge < -0.3 is 18.3 Å². The third kappa shape index (κ3) is 7.56. The Morgan fingerprint density at radius 3 is 1.06 bits per heavy atom. The Morgan fingerprint density at radius 2 is 0.614 bits per heavy atom. The first-order chi connectivity index (χ1) is 43.3. The molecule has 18 rings (SSSR count). The van der Waals surface area contributed by atoms with Gasteiger partial charge >= 0.3 is 6.18 Å². The van der Waals surface area contributed by atoms with Crippen LogP contribution in [0.4, 0.5) is 13.2 Å². The van der Waals surface area contributed by atoms with E-state index < -0.39 is 11.7 Å². The summed E-state index contributed by atoms with van der Waals surface area (Å²) < 4.78 is 50.4. The zero-order valence-electron chi connectivity index (χ0n) is 47.0. The SMILES string of the molecule is FC(F)(F)c1ccc(-c2ccc(-c3nc(-c4cc(-n5c6ccccc6c6cc(-n7c8ccccc8c8ccccc87)ccc65)cc(-n5c6ccccc6c6cc(-n7c8ccccc8c8ccccc87)ccc65)c4)nc4c3ccc3ccccc34)cc2)cc1. The van der Waals surface area contributed by atoms with Crippen LogP contribution < -0.4 is 0 Å². The molecule has 0 aliphatic carbocycles. The molecule has 0 amide bonds. The first-order valence-corrected chi connectivity index (χ1v) is 29.4. The maximum Gasteiger partial charge on any atom is 0.416 e. The maximum absolute atomic E-state index is 13.6. The lowest BCUT2D eigenvalue weighted by Crippen LogP contribution is -2.03. The largest absolute Gasteiger partial charge is 0.416 e. The molecule has 13 aromatic carbocycles. The predicted octanol–water partition coefficient (Wildman–Crippen LogP) is 21.2. The fraction of sp³-hybridized carbons (Fsp3) is 0.0127. The summed E-state index contributed by atoms with van der Waals surface area (Å²) in [4.78, 5) is 11.2. The van der Waals surface area contributed by atoms with Crippen molar-refractivity contribution in [3.8, 4) is 56.5 Å². The fourth-order valence-corrected chi connectivity index (χ4v) is 14.0. The van der Waals surface area contributed by atoms with Crippen molar-refractivity contribution in [2.45, 2.75) is 6.18 Å². The van der Waals surface area contributed by atoms with Gasteiger partial charge in [0.15, 0.2) is 5.82 Å². The lowest BCUT2D eigenvalue weighted by Gasteiger charge is -2.17. The van der Waals surface area contributed by atoms with Crippen LogP contribution in [0.2, 0.25) is 0 Å². The van der Waals surface area contributed by atoms with Gasteiger partial charge in [0.25, 0.3) is 0 Å². The van der Waals surface area contributed by atoms with Gasteiger partial charge in [-0.25, -0.2) is 9.97 Å². The molecule has 5 aromatic heterocycles. The first kappa shape index (κ1) is 49.8. The Bertz CT molecular complexity index is 5570. The van der Waals surface area contributed by atoms with Crippen LogP contribution in [0.15, 0.2) is 285 Å². The van der Waals surface area contributed by atoms with E-state index in [-0.39, 0.29) is 0 Å². The predicted molar refractivity (Wildman–Crippen MR) is 356 cm³/mol. The van der Waals surface area contributed by atoms with Crippen molar-refractivity contribution in [1.29, 1.82) is 0 Å². The smallest absolute Gasteiger partial charge is 0.309 e. The molecule has 0 aliphatic heterocycles. The van der Waals surface area contributed by atoms with E-state index in [2.05, 4.69) is 243 Å². The van der Waals surface area contributed by atoms with Gasteiger partial charge in [-0.2, -0.15) is 13.2 Å². The van der Waals surface area contributed by atoms with Gasteiger partial charge in [0.1, 0.15) is 0 Å². The lowest BCUT2D eigenvalue weighted by molar-refractivity contribution is -0.137. The quantitative estimate of drug-likeness (QED) is 0.149. The van der Waals surface area contributed by atoms with Gasteiger partial charge in [0.2, 0.25) is 0 Å². The van der Waals surface area contributed by atoms with Crippen LogP contribution in [-0.4, -0.2) is 28.2 Å². The van der Waals surface area contributed by atoms with Crippen LogP contribution in [0.25, 0.3) is 165 Å². The number of alkyl halides is 3. The summed E-state index contributed by atoms with van der Waals surface area (Å²) in [5.74, 6) is 0.539. The van der Waals surface area contributed by atoms with Crippen LogP contribution in [-0.2, 0) is 6.18 Å². The van der Waals surface area contributed by atoms with Gasteiger partial charge in [-0.3, -0.25) is 0 Å². The zero-order valence-corrected chi connectivity index (χ0v) is 47.0. The van der Waals surface area contributed by atoms with Gasteiger partial charge in [-0.1, -0.05) is 176 Å². The highest BCUT2D eigenvalue weighted by molar-refractivity contribution is 6.15. The average molecular weight is 1140 g/mol. The number of hydrogen-bond donors (Lipinski definition) is 0. The van der Waals surface area contributed by atoms with Crippen LogP contribution in [0.3, 0.4) is 0 Å². The van der Waals surface area contributed by atoms with Gasteiger partial charge in [-0.05, 0) is 126 Å². The highest BCUT2D eigenvalue weighted by Gasteiger charge is 2.30. The molecular formula is C79H47F3N6. The van der Waals surface area contributed by atoms with Gasteiger partial charge in [0, 0.05) is 87.7 Å². The molecule has 18 aromatic rings. The molecule has 0 fully saturated rings. The molecule has 6 nitrogen and oxygen atoms in total. The zero-order chi connectivity index (χ0) is 58.4. The number of fused-ring (bicyclic) bond motifs is 15. The second kappa shape index (κ2) is 19.0. The Hall–Kier alpha value is -11.6. The second-order valence-corrected chi connectivity index (χ2v) is 22.8.